The van der Waals surface area contributed by atoms with E-state index >= 15 is 0 Å². The first-order valence-corrected chi connectivity index (χ1v) is 7.33. The Kier molecular flexibility index (Phi) is 3.66. The number of carbonyl (C=O) groups excluding carboxylic acids is 2. The topological polar surface area (TPSA) is 40.6 Å². The van der Waals surface area contributed by atoms with Gasteiger partial charge in [-0.25, -0.2) is 0 Å². The van der Waals surface area contributed by atoms with E-state index in [2.05, 4.69) is 0 Å². The number of carbonyl (C=O) groups is 2. The number of halogens is 1. The Morgan fingerprint density at radius 3 is 2.75 bits per heavy atom. The third-order valence-electron chi connectivity index (χ3n) is 3.84. The van der Waals surface area contributed by atoms with Gasteiger partial charge in [-0.2, -0.15) is 0 Å². The van der Waals surface area contributed by atoms with Gasteiger partial charge in [0.25, 0.3) is 0 Å². The SMILES string of the molecule is O=C(Cc1cccc(Cl)c1)N1CCN(C2CC2)C(=O)C1. The molecule has 2 fully saturated rings. The third kappa shape index (κ3) is 2.96. The number of hydrogen-bond donors (Lipinski definition) is 0. The van der Waals surface area contributed by atoms with Crippen molar-refractivity contribution in [3.63, 3.8) is 0 Å². The van der Waals surface area contributed by atoms with E-state index in [0.29, 0.717) is 30.6 Å². The van der Waals surface area contributed by atoms with Crippen LogP contribution in [0.3, 0.4) is 0 Å². The highest BCUT2D eigenvalue weighted by Gasteiger charge is 2.36. The largest absolute Gasteiger partial charge is 0.336 e. The molecule has 20 heavy (non-hydrogen) atoms. The van der Waals surface area contributed by atoms with Crippen molar-refractivity contribution in [2.45, 2.75) is 25.3 Å². The maximum Gasteiger partial charge on any atom is 0.242 e. The Labute approximate surface area is 123 Å². The highest BCUT2D eigenvalue weighted by atomic mass is 35.5. The average Bonchev–Trinajstić information content (AvgIpc) is 3.23. The van der Waals surface area contributed by atoms with E-state index in [0.717, 1.165) is 18.4 Å². The second-order valence-corrected chi connectivity index (χ2v) is 5.88. The number of amides is 2. The summed E-state index contributed by atoms with van der Waals surface area (Å²) in [6.07, 6.45) is 2.53. The highest BCUT2D eigenvalue weighted by molar-refractivity contribution is 6.30. The van der Waals surface area contributed by atoms with Crippen molar-refractivity contribution in [3.8, 4) is 0 Å². The number of nitrogens with zero attached hydrogens (tertiary/aromatic N) is 2. The molecule has 0 radical (unpaired) electrons. The molecule has 1 heterocycles. The lowest BCUT2D eigenvalue weighted by Gasteiger charge is -2.34. The Bertz CT molecular complexity index is 542. The lowest BCUT2D eigenvalue weighted by molar-refractivity contribution is -0.145. The summed E-state index contributed by atoms with van der Waals surface area (Å²) < 4.78 is 0. The van der Waals surface area contributed by atoms with Crippen LogP contribution < -0.4 is 0 Å². The van der Waals surface area contributed by atoms with Gasteiger partial charge in [-0.15, -0.1) is 0 Å². The molecule has 1 aromatic carbocycles. The normalized spacial score (nSPS) is 19.4. The quantitative estimate of drug-likeness (QED) is 0.851. The maximum absolute atomic E-state index is 12.2. The maximum atomic E-state index is 12.2. The van der Waals surface area contributed by atoms with Crippen molar-refractivity contribution in [2.75, 3.05) is 19.6 Å². The van der Waals surface area contributed by atoms with Crippen molar-refractivity contribution in [3.05, 3.63) is 34.9 Å². The molecular weight excluding hydrogens is 276 g/mol. The van der Waals surface area contributed by atoms with Gasteiger partial charge >= 0.3 is 0 Å². The lowest BCUT2D eigenvalue weighted by atomic mass is 10.1. The molecule has 0 bridgehead atoms. The van der Waals surface area contributed by atoms with Crippen LogP contribution in [0.15, 0.2) is 24.3 Å². The van der Waals surface area contributed by atoms with E-state index in [1.165, 1.54) is 0 Å². The molecule has 0 aromatic heterocycles. The van der Waals surface area contributed by atoms with Crippen molar-refractivity contribution in [1.82, 2.24) is 9.80 Å². The molecular formula is C15H17ClN2O2. The summed E-state index contributed by atoms with van der Waals surface area (Å²) in [6.45, 7) is 1.53. The van der Waals surface area contributed by atoms with Gasteiger partial charge < -0.3 is 9.80 Å². The summed E-state index contributed by atoms with van der Waals surface area (Å²) in [4.78, 5) is 27.8. The van der Waals surface area contributed by atoms with Crippen molar-refractivity contribution in [2.24, 2.45) is 0 Å². The molecule has 1 aliphatic carbocycles. The zero-order chi connectivity index (χ0) is 14.1. The van der Waals surface area contributed by atoms with Gasteiger partial charge in [0.2, 0.25) is 11.8 Å². The zero-order valence-corrected chi connectivity index (χ0v) is 12.0. The van der Waals surface area contributed by atoms with Crippen molar-refractivity contribution < 1.29 is 9.59 Å². The molecule has 5 heteroatoms. The van der Waals surface area contributed by atoms with Crippen LogP contribution in [0.1, 0.15) is 18.4 Å². The predicted octanol–water partition coefficient (Wildman–Crippen LogP) is 1.72. The van der Waals surface area contributed by atoms with Gasteiger partial charge in [0.15, 0.2) is 0 Å². The molecule has 106 valence electrons. The van der Waals surface area contributed by atoms with Crippen molar-refractivity contribution in [1.29, 1.82) is 0 Å². The van der Waals surface area contributed by atoms with Crippen LogP contribution in [0.5, 0.6) is 0 Å². The molecule has 2 aliphatic rings. The van der Waals surface area contributed by atoms with Crippen LogP contribution >= 0.6 is 11.6 Å². The average molecular weight is 293 g/mol. The molecule has 1 saturated carbocycles. The molecule has 3 rings (SSSR count). The van der Waals surface area contributed by atoms with Crippen LogP contribution in [0.4, 0.5) is 0 Å². The Hall–Kier alpha value is -1.55. The Morgan fingerprint density at radius 1 is 1.30 bits per heavy atom. The van der Waals surface area contributed by atoms with E-state index in [-0.39, 0.29) is 18.4 Å². The monoisotopic (exact) mass is 292 g/mol. The summed E-state index contributed by atoms with van der Waals surface area (Å²) in [7, 11) is 0. The molecule has 0 N–H and O–H groups in total. The van der Waals surface area contributed by atoms with E-state index < -0.39 is 0 Å². The molecule has 1 aliphatic heterocycles. The standard InChI is InChI=1S/C15H17ClN2O2/c16-12-3-1-2-11(8-12)9-14(19)17-6-7-18(13-4-5-13)15(20)10-17/h1-3,8,13H,4-7,9-10H2. The second kappa shape index (κ2) is 5.44. The summed E-state index contributed by atoms with van der Waals surface area (Å²) in [5.74, 6) is 0.0780. The van der Waals surface area contributed by atoms with E-state index in [1.807, 2.05) is 17.0 Å². The number of piperazine rings is 1. The summed E-state index contributed by atoms with van der Waals surface area (Å²) in [5.41, 5.74) is 0.888. The van der Waals surface area contributed by atoms with Gasteiger partial charge in [0.1, 0.15) is 0 Å². The lowest BCUT2D eigenvalue weighted by Crippen LogP contribution is -2.53. The van der Waals surface area contributed by atoms with E-state index in [1.54, 1.807) is 17.0 Å². The van der Waals surface area contributed by atoms with Crippen LogP contribution in [-0.4, -0.2) is 47.3 Å². The second-order valence-electron chi connectivity index (χ2n) is 5.44. The molecule has 0 atom stereocenters. The molecule has 0 spiro atoms. The molecule has 4 nitrogen and oxygen atoms in total. The fraction of sp³-hybridized carbons (Fsp3) is 0.467. The molecule has 1 aromatic rings. The van der Waals surface area contributed by atoms with Gasteiger partial charge in [-0.05, 0) is 30.5 Å². The minimum absolute atomic E-state index is 0.00364. The Morgan fingerprint density at radius 2 is 2.10 bits per heavy atom. The first-order chi connectivity index (χ1) is 9.63. The van der Waals surface area contributed by atoms with Gasteiger partial charge in [-0.3, -0.25) is 9.59 Å². The number of benzene rings is 1. The minimum atomic E-state index is -0.00364. The van der Waals surface area contributed by atoms with Gasteiger partial charge in [0.05, 0.1) is 13.0 Å². The van der Waals surface area contributed by atoms with Gasteiger partial charge in [0, 0.05) is 24.2 Å². The highest BCUT2D eigenvalue weighted by Crippen LogP contribution is 2.28. The van der Waals surface area contributed by atoms with E-state index in [9.17, 15) is 9.59 Å². The minimum Gasteiger partial charge on any atom is -0.336 e. The predicted molar refractivity (Wildman–Crippen MR) is 76.5 cm³/mol. The fourth-order valence-electron chi connectivity index (χ4n) is 2.60. The van der Waals surface area contributed by atoms with Crippen LogP contribution in [0.25, 0.3) is 0 Å². The third-order valence-corrected chi connectivity index (χ3v) is 4.08. The summed E-state index contributed by atoms with van der Waals surface area (Å²) in [6, 6.07) is 7.73. The Balaban J connectivity index is 1.59. The molecule has 2 amide bonds. The molecule has 1 saturated heterocycles. The number of hydrogen-bond acceptors (Lipinski definition) is 2. The van der Waals surface area contributed by atoms with E-state index in [4.69, 9.17) is 11.6 Å². The van der Waals surface area contributed by atoms with Crippen LogP contribution in [-0.2, 0) is 16.0 Å². The fourth-order valence-corrected chi connectivity index (χ4v) is 2.82. The molecule has 0 unspecified atom stereocenters. The van der Waals surface area contributed by atoms with Crippen LogP contribution in [0.2, 0.25) is 5.02 Å². The zero-order valence-electron chi connectivity index (χ0n) is 11.2. The first-order valence-electron chi connectivity index (χ1n) is 6.95. The van der Waals surface area contributed by atoms with Crippen molar-refractivity contribution >= 4 is 23.4 Å². The summed E-state index contributed by atoms with van der Waals surface area (Å²) in [5, 5.41) is 0.630. The van der Waals surface area contributed by atoms with Gasteiger partial charge in [-0.1, -0.05) is 23.7 Å². The van der Waals surface area contributed by atoms with Crippen LogP contribution in [0, 0.1) is 0 Å². The smallest absolute Gasteiger partial charge is 0.242 e. The first kappa shape index (κ1) is 13.4. The summed E-state index contributed by atoms with van der Waals surface area (Å²) >= 11 is 5.91. The number of rotatable bonds is 3.